The van der Waals surface area contributed by atoms with Crippen molar-refractivity contribution in [1.29, 1.82) is 0 Å². The molecule has 2 nitrogen and oxygen atoms in total. The van der Waals surface area contributed by atoms with E-state index in [4.69, 9.17) is 0 Å². The molecule has 0 amide bonds. The second-order valence-electron chi connectivity index (χ2n) is 13.0. The van der Waals surface area contributed by atoms with E-state index in [1.165, 1.54) is 75.6 Å². The largest absolute Gasteiger partial charge is 0.504 e. The normalized spacial score (nSPS) is 17.7. The van der Waals surface area contributed by atoms with E-state index < -0.39 is 0 Å². The Labute approximate surface area is 252 Å². The Kier molecular flexibility index (Phi) is 5.21. The van der Waals surface area contributed by atoms with Crippen molar-refractivity contribution in [3.63, 3.8) is 0 Å². The second kappa shape index (κ2) is 8.97. The van der Waals surface area contributed by atoms with Crippen LogP contribution >= 0.6 is 0 Å². The predicted molar refractivity (Wildman–Crippen MR) is 178 cm³/mol. The van der Waals surface area contributed by atoms with E-state index in [9.17, 15) is 10.2 Å². The molecule has 2 bridgehead atoms. The van der Waals surface area contributed by atoms with Gasteiger partial charge in [-0.25, -0.2) is 0 Å². The maximum atomic E-state index is 11.4. The lowest BCUT2D eigenvalue weighted by Gasteiger charge is -2.35. The van der Waals surface area contributed by atoms with Gasteiger partial charge in [0.1, 0.15) is 0 Å². The zero-order chi connectivity index (χ0) is 29.0. The minimum Gasteiger partial charge on any atom is -0.504 e. The first-order chi connectivity index (χ1) is 21.0. The van der Waals surface area contributed by atoms with Gasteiger partial charge < -0.3 is 10.2 Å². The molecule has 0 radical (unpaired) electrons. The average molecular weight is 559 g/mol. The molecular weight excluding hydrogens is 524 g/mol. The summed E-state index contributed by atoms with van der Waals surface area (Å²) in [6.07, 6.45) is 11.7. The Balaban J connectivity index is 1.30. The van der Waals surface area contributed by atoms with Crippen molar-refractivity contribution < 1.29 is 10.2 Å². The van der Waals surface area contributed by atoms with Crippen LogP contribution in [0.1, 0.15) is 70.5 Å². The fraction of sp³-hybridized carbons (Fsp3) is 0.220. The highest BCUT2D eigenvalue weighted by Gasteiger charge is 2.36. The summed E-state index contributed by atoms with van der Waals surface area (Å²) in [7, 11) is 0. The zero-order valence-electron chi connectivity index (χ0n) is 24.7. The van der Waals surface area contributed by atoms with E-state index in [2.05, 4.69) is 85.8 Å². The van der Waals surface area contributed by atoms with E-state index in [0.717, 1.165) is 46.0 Å². The third-order valence-electron chi connectivity index (χ3n) is 10.9. The molecule has 1 unspecified atom stereocenters. The number of fused-ring (bicyclic) bond motifs is 8. The molecule has 0 aromatic heterocycles. The summed E-state index contributed by atoms with van der Waals surface area (Å²) in [5.74, 6) is 0.200. The summed E-state index contributed by atoms with van der Waals surface area (Å²) in [5, 5.41) is 24.7. The first kappa shape index (κ1) is 25.0. The van der Waals surface area contributed by atoms with E-state index in [0.29, 0.717) is 0 Å². The first-order valence-electron chi connectivity index (χ1n) is 15.8. The SMILES string of the molecule is Cc1c(C)c2c(c(O)c1O)-c1c3c(c(-c4cccc(-c5cccc6c5C5=C(CCCC5)C6)c4)c4ccccc14)C=CC2C3. The number of aromatic hydroxyl groups is 2. The topological polar surface area (TPSA) is 40.5 Å². The van der Waals surface area contributed by atoms with Gasteiger partial charge in [-0.05, 0) is 142 Å². The monoisotopic (exact) mass is 558 g/mol. The molecule has 9 rings (SSSR count). The van der Waals surface area contributed by atoms with E-state index in [1.54, 1.807) is 11.1 Å². The molecule has 0 heterocycles. The number of phenolic OH excluding ortho intramolecular Hbond substituents is 2. The Morgan fingerprint density at radius 1 is 0.698 bits per heavy atom. The van der Waals surface area contributed by atoms with Crippen molar-refractivity contribution in [2.24, 2.45) is 0 Å². The lowest BCUT2D eigenvalue weighted by Crippen LogP contribution is -2.17. The smallest absolute Gasteiger partial charge is 0.166 e. The number of hydrogen-bond acceptors (Lipinski definition) is 2. The van der Waals surface area contributed by atoms with Gasteiger partial charge in [0.15, 0.2) is 11.5 Å². The highest BCUT2D eigenvalue weighted by Crippen LogP contribution is 2.57. The summed E-state index contributed by atoms with van der Waals surface area (Å²) in [5.41, 5.74) is 18.8. The molecule has 43 heavy (non-hydrogen) atoms. The lowest BCUT2D eigenvalue weighted by atomic mass is 9.68. The van der Waals surface area contributed by atoms with Crippen LogP contribution in [-0.2, 0) is 12.8 Å². The highest BCUT2D eigenvalue weighted by atomic mass is 16.3. The standard InChI is InChI=1S/C41H34O2/c1-22-23(2)40(42)41(43)39-35(22)28-17-18-33-34(21-28)38(39)32-15-6-5-14-31(32)37(33)27-11-7-10-25(20-27)30-16-8-12-26-19-24-9-3-4-13-29(24)36(26)30/h5-8,10-12,14-18,20,28,42-43H,3-4,9,13,19,21H2,1-2H3. The second-order valence-corrected chi connectivity index (χ2v) is 13.0. The Morgan fingerprint density at radius 2 is 1.47 bits per heavy atom. The van der Waals surface area contributed by atoms with Crippen LogP contribution in [0.5, 0.6) is 11.5 Å². The van der Waals surface area contributed by atoms with Gasteiger partial charge in [-0.15, -0.1) is 0 Å². The molecule has 1 atom stereocenters. The zero-order valence-corrected chi connectivity index (χ0v) is 24.7. The van der Waals surface area contributed by atoms with Crippen molar-refractivity contribution in [3.8, 4) is 44.9 Å². The fourth-order valence-corrected chi connectivity index (χ4v) is 8.79. The van der Waals surface area contributed by atoms with Crippen LogP contribution in [0.4, 0.5) is 0 Å². The van der Waals surface area contributed by atoms with E-state index >= 15 is 0 Å². The highest BCUT2D eigenvalue weighted by molar-refractivity contribution is 6.12. The van der Waals surface area contributed by atoms with Crippen molar-refractivity contribution >= 4 is 22.4 Å². The van der Waals surface area contributed by atoms with Gasteiger partial charge in [-0.1, -0.05) is 78.4 Å². The van der Waals surface area contributed by atoms with Crippen LogP contribution in [0.3, 0.4) is 0 Å². The number of allylic oxidation sites excluding steroid dienone is 3. The van der Waals surface area contributed by atoms with E-state index in [1.807, 2.05) is 6.92 Å². The summed E-state index contributed by atoms with van der Waals surface area (Å²) >= 11 is 0. The van der Waals surface area contributed by atoms with Gasteiger partial charge in [0.25, 0.3) is 0 Å². The molecular formula is C41H34O2. The number of phenols is 2. The Hall–Kier alpha value is -4.56. The minimum atomic E-state index is 0.00134. The number of hydrogen-bond donors (Lipinski definition) is 2. The van der Waals surface area contributed by atoms with Crippen molar-refractivity contribution in [2.75, 3.05) is 0 Å². The maximum absolute atomic E-state index is 11.4. The number of rotatable bonds is 2. The van der Waals surface area contributed by atoms with Gasteiger partial charge in [0.2, 0.25) is 0 Å². The third-order valence-corrected chi connectivity index (χ3v) is 10.9. The molecule has 4 aliphatic carbocycles. The molecule has 0 saturated heterocycles. The van der Waals surface area contributed by atoms with E-state index in [-0.39, 0.29) is 17.4 Å². The minimum absolute atomic E-state index is 0.00134. The van der Waals surface area contributed by atoms with Crippen molar-refractivity contribution in [3.05, 3.63) is 117 Å². The van der Waals surface area contributed by atoms with Crippen LogP contribution in [0.25, 0.3) is 55.8 Å². The molecule has 210 valence electrons. The molecule has 5 aromatic rings. The summed E-state index contributed by atoms with van der Waals surface area (Å²) in [6.45, 7) is 3.98. The molecule has 2 N–H and O–H groups in total. The van der Waals surface area contributed by atoms with Crippen molar-refractivity contribution in [2.45, 2.75) is 58.3 Å². The van der Waals surface area contributed by atoms with Crippen LogP contribution in [0, 0.1) is 13.8 Å². The van der Waals surface area contributed by atoms with Crippen LogP contribution in [0.15, 0.2) is 78.4 Å². The maximum Gasteiger partial charge on any atom is 0.166 e. The molecule has 0 aliphatic heterocycles. The summed E-state index contributed by atoms with van der Waals surface area (Å²) < 4.78 is 0. The summed E-state index contributed by atoms with van der Waals surface area (Å²) in [4.78, 5) is 0. The lowest BCUT2D eigenvalue weighted by molar-refractivity contribution is 0.401. The fourth-order valence-electron chi connectivity index (χ4n) is 8.79. The number of benzene rings is 5. The molecule has 0 spiro atoms. The molecule has 0 saturated carbocycles. The third kappa shape index (κ3) is 3.35. The Bertz CT molecular complexity index is 2120. The van der Waals surface area contributed by atoms with Gasteiger partial charge in [-0.3, -0.25) is 0 Å². The van der Waals surface area contributed by atoms with Crippen LogP contribution < -0.4 is 0 Å². The Morgan fingerprint density at radius 3 is 2.33 bits per heavy atom. The van der Waals surface area contributed by atoms with Crippen LogP contribution in [0.2, 0.25) is 0 Å². The van der Waals surface area contributed by atoms with Crippen LogP contribution in [-0.4, -0.2) is 10.2 Å². The van der Waals surface area contributed by atoms with Gasteiger partial charge in [0, 0.05) is 11.5 Å². The predicted octanol–water partition coefficient (Wildman–Crippen LogP) is 10.4. The summed E-state index contributed by atoms with van der Waals surface area (Å²) in [6, 6.07) is 24.7. The molecule has 4 aliphatic rings. The molecule has 2 heteroatoms. The van der Waals surface area contributed by atoms with Crippen molar-refractivity contribution in [1.82, 2.24) is 0 Å². The van der Waals surface area contributed by atoms with Gasteiger partial charge in [-0.2, -0.15) is 0 Å². The molecule has 0 fully saturated rings. The van der Waals surface area contributed by atoms with Gasteiger partial charge >= 0.3 is 0 Å². The first-order valence-corrected chi connectivity index (χ1v) is 15.8. The average Bonchev–Trinajstić information content (AvgIpc) is 3.44. The molecule has 5 aromatic carbocycles. The van der Waals surface area contributed by atoms with Gasteiger partial charge in [0.05, 0.1) is 0 Å². The quantitative estimate of drug-likeness (QED) is 0.212.